The molecule has 2 aromatic rings. The van der Waals surface area contributed by atoms with E-state index in [2.05, 4.69) is 4.98 Å². The first-order chi connectivity index (χ1) is 9.28. The normalized spacial score (nSPS) is 12.3. The minimum Gasteiger partial charge on any atom is -0.489 e. The summed E-state index contributed by atoms with van der Waals surface area (Å²) in [5, 5.41) is 0. The molecule has 0 spiro atoms. The molecular weight excluding hydrogens is 271 g/mol. The minimum atomic E-state index is -4.23. The Hall–Kier alpha value is -1.92. The molecule has 4 nitrogen and oxygen atoms in total. The Morgan fingerprint density at radius 1 is 1.35 bits per heavy atom. The number of hydrogen-bond acceptors (Lipinski definition) is 3. The van der Waals surface area contributed by atoms with Crippen LogP contribution in [0.2, 0.25) is 0 Å². The molecule has 2 rings (SSSR count). The molecule has 1 aromatic carbocycles. The van der Waals surface area contributed by atoms with Crippen LogP contribution in [0.3, 0.4) is 0 Å². The molecule has 0 amide bonds. The van der Waals surface area contributed by atoms with Gasteiger partial charge in [-0.15, -0.1) is 0 Å². The number of nitrogen functional groups attached to an aromatic ring is 1. The van der Waals surface area contributed by atoms with Gasteiger partial charge in [0, 0.05) is 6.54 Å². The number of nitrogens with two attached hydrogens (primary N) is 1. The van der Waals surface area contributed by atoms with Gasteiger partial charge in [0.15, 0.2) is 0 Å². The lowest BCUT2D eigenvalue weighted by Crippen LogP contribution is -2.13. The largest absolute Gasteiger partial charge is 0.489 e. The predicted octanol–water partition coefficient (Wildman–Crippen LogP) is 3.36. The van der Waals surface area contributed by atoms with Crippen LogP contribution in [0.15, 0.2) is 18.2 Å². The number of imidazole rings is 1. The van der Waals surface area contributed by atoms with Gasteiger partial charge in [-0.3, -0.25) is 0 Å². The summed E-state index contributed by atoms with van der Waals surface area (Å²) < 4.78 is 43.9. The van der Waals surface area contributed by atoms with Gasteiger partial charge >= 0.3 is 6.18 Å². The number of rotatable bonds is 4. The quantitative estimate of drug-likeness (QED) is 0.938. The van der Waals surface area contributed by atoms with Gasteiger partial charge in [0.2, 0.25) is 5.95 Å². The SMILES string of the molecule is CC(C)Oc1cccc2c1nc(N)n2CCC(F)(F)F. The molecule has 7 heteroatoms. The van der Waals surface area contributed by atoms with Crippen molar-refractivity contribution in [2.24, 2.45) is 0 Å². The number of para-hydroxylation sites is 1. The second-order valence-corrected chi connectivity index (χ2v) is 4.78. The molecule has 0 unspecified atom stereocenters. The Kier molecular flexibility index (Phi) is 3.78. The maximum Gasteiger partial charge on any atom is 0.390 e. The van der Waals surface area contributed by atoms with Gasteiger partial charge in [-0.25, -0.2) is 4.98 Å². The van der Waals surface area contributed by atoms with Crippen molar-refractivity contribution < 1.29 is 17.9 Å². The Bertz CT molecular complexity index is 605. The number of fused-ring (bicyclic) bond motifs is 1. The molecule has 0 bridgehead atoms. The average Bonchev–Trinajstić information content (AvgIpc) is 2.62. The van der Waals surface area contributed by atoms with Crippen LogP contribution >= 0.6 is 0 Å². The first kappa shape index (κ1) is 14.5. The fourth-order valence-electron chi connectivity index (χ4n) is 1.96. The lowest BCUT2D eigenvalue weighted by atomic mass is 10.3. The highest BCUT2D eigenvalue weighted by atomic mass is 19.4. The van der Waals surface area contributed by atoms with E-state index in [0.717, 1.165) is 0 Å². The number of halogens is 3. The zero-order valence-corrected chi connectivity index (χ0v) is 11.2. The Labute approximate surface area is 114 Å². The Morgan fingerprint density at radius 2 is 2.05 bits per heavy atom. The first-order valence-electron chi connectivity index (χ1n) is 6.26. The van der Waals surface area contributed by atoms with Gasteiger partial charge in [-0.2, -0.15) is 13.2 Å². The molecule has 0 fully saturated rings. The molecule has 20 heavy (non-hydrogen) atoms. The van der Waals surface area contributed by atoms with Gasteiger partial charge in [-0.1, -0.05) is 6.07 Å². The van der Waals surface area contributed by atoms with Gasteiger partial charge < -0.3 is 15.0 Å². The van der Waals surface area contributed by atoms with Crippen molar-refractivity contribution in [2.75, 3.05) is 5.73 Å². The van der Waals surface area contributed by atoms with E-state index >= 15 is 0 Å². The number of aromatic nitrogens is 2. The number of aryl methyl sites for hydroxylation is 1. The average molecular weight is 287 g/mol. The third kappa shape index (κ3) is 3.15. The molecule has 0 saturated heterocycles. The predicted molar refractivity (Wildman–Crippen MR) is 70.6 cm³/mol. The van der Waals surface area contributed by atoms with Gasteiger partial charge in [-0.05, 0) is 26.0 Å². The van der Waals surface area contributed by atoms with Gasteiger partial charge in [0.05, 0.1) is 18.0 Å². The molecule has 0 aliphatic carbocycles. The Morgan fingerprint density at radius 3 is 2.65 bits per heavy atom. The fraction of sp³-hybridized carbons (Fsp3) is 0.462. The smallest absolute Gasteiger partial charge is 0.390 e. The van der Waals surface area contributed by atoms with Crippen LogP contribution in [0, 0.1) is 0 Å². The summed E-state index contributed by atoms with van der Waals surface area (Å²) in [6.45, 7) is 3.47. The second kappa shape index (κ2) is 5.22. The van der Waals surface area contributed by atoms with Gasteiger partial charge in [0.1, 0.15) is 11.3 Å². The summed E-state index contributed by atoms with van der Waals surface area (Å²) >= 11 is 0. The lowest BCUT2D eigenvalue weighted by Gasteiger charge is -2.11. The fourth-order valence-corrected chi connectivity index (χ4v) is 1.96. The van der Waals surface area contributed by atoms with Crippen molar-refractivity contribution in [3.8, 4) is 5.75 Å². The van der Waals surface area contributed by atoms with Crippen LogP contribution in [-0.4, -0.2) is 21.8 Å². The topological polar surface area (TPSA) is 53.1 Å². The van der Waals surface area contributed by atoms with Crippen molar-refractivity contribution >= 4 is 17.0 Å². The highest BCUT2D eigenvalue weighted by Gasteiger charge is 2.27. The lowest BCUT2D eigenvalue weighted by molar-refractivity contribution is -0.136. The van der Waals surface area contributed by atoms with Crippen molar-refractivity contribution in [1.29, 1.82) is 0 Å². The second-order valence-electron chi connectivity index (χ2n) is 4.78. The van der Waals surface area contributed by atoms with E-state index in [-0.39, 0.29) is 18.6 Å². The van der Waals surface area contributed by atoms with Crippen molar-refractivity contribution in [1.82, 2.24) is 9.55 Å². The van der Waals surface area contributed by atoms with Crippen LogP contribution in [0.4, 0.5) is 19.1 Å². The number of anilines is 1. The van der Waals surface area contributed by atoms with E-state index in [1.54, 1.807) is 18.2 Å². The molecule has 1 aromatic heterocycles. The number of benzene rings is 1. The number of ether oxygens (including phenoxy) is 1. The number of nitrogens with zero attached hydrogens (tertiary/aromatic N) is 2. The number of alkyl halides is 3. The van der Waals surface area contributed by atoms with E-state index < -0.39 is 12.6 Å². The maximum atomic E-state index is 12.3. The minimum absolute atomic E-state index is 0.0536. The standard InChI is InChI=1S/C13H16F3N3O/c1-8(2)20-10-5-3-4-9-11(10)18-12(17)19(9)7-6-13(14,15)16/h3-5,8H,6-7H2,1-2H3,(H2,17,18). The third-order valence-corrected chi connectivity index (χ3v) is 2.75. The van der Waals surface area contributed by atoms with E-state index in [1.807, 2.05) is 13.8 Å². The molecule has 0 atom stereocenters. The van der Waals surface area contributed by atoms with Crippen molar-refractivity contribution in [3.63, 3.8) is 0 Å². The van der Waals surface area contributed by atoms with Crippen LogP contribution in [0.25, 0.3) is 11.0 Å². The molecule has 0 saturated carbocycles. The summed E-state index contributed by atoms with van der Waals surface area (Å²) in [4.78, 5) is 4.12. The molecule has 1 heterocycles. The van der Waals surface area contributed by atoms with Crippen LogP contribution in [-0.2, 0) is 6.54 Å². The van der Waals surface area contributed by atoms with Crippen LogP contribution < -0.4 is 10.5 Å². The Balaban J connectivity index is 2.39. The summed E-state index contributed by atoms with van der Waals surface area (Å²) in [5.41, 5.74) is 6.74. The van der Waals surface area contributed by atoms with Crippen molar-refractivity contribution in [2.45, 2.75) is 39.1 Å². The van der Waals surface area contributed by atoms with E-state index in [1.165, 1.54) is 4.57 Å². The summed E-state index contributed by atoms with van der Waals surface area (Å²) in [6.07, 6.45) is -5.23. The zero-order valence-electron chi connectivity index (χ0n) is 11.2. The summed E-state index contributed by atoms with van der Waals surface area (Å²) in [5.74, 6) is 0.582. The molecule has 0 aliphatic rings. The highest BCUT2D eigenvalue weighted by molar-refractivity contribution is 5.84. The third-order valence-electron chi connectivity index (χ3n) is 2.75. The van der Waals surface area contributed by atoms with Crippen LogP contribution in [0.1, 0.15) is 20.3 Å². The van der Waals surface area contributed by atoms with Crippen molar-refractivity contribution in [3.05, 3.63) is 18.2 Å². The van der Waals surface area contributed by atoms with Crippen LogP contribution in [0.5, 0.6) is 5.75 Å². The molecule has 0 aliphatic heterocycles. The monoisotopic (exact) mass is 287 g/mol. The molecule has 2 N–H and O–H groups in total. The van der Waals surface area contributed by atoms with E-state index in [4.69, 9.17) is 10.5 Å². The molecular formula is C13H16F3N3O. The maximum absolute atomic E-state index is 12.3. The molecule has 110 valence electrons. The molecule has 0 radical (unpaired) electrons. The van der Waals surface area contributed by atoms with E-state index in [0.29, 0.717) is 16.8 Å². The van der Waals surface area contributed by atoms with E-state index in [9.17, 15) is 13.2 Å². The number of hydrogen-bond donors (Lipinski definition) is 1. The zero-order chi connectivity index (χ0) is 14.9. The van der Waals surface area contributed by atoms with Gasteiger partial charge in [0.25, 0.3) is 0 Å². The first-order valence-corrected chi connectivity index (χ1v) is 6.26. The highest BCUT2D eigenvalue weighted by Crippen LogP contribution is 2.29. The summed E-state index contributed by atoms with van der Waals surface area (Å²) in [7, 11) is 0. The summed E-state index contributed by atoms with van der Waals surface area (Å²) in [6, 6.07) is 5.12.